The predicted octanol–water partition coefficient (Wildman–Crippen LogP) is 1.47. The number of nitrogen functional groups attached to an aromatic ring is 2. The number of rotatable bonds is 3. The monoisotopic (exact) mass is 418 g/mol. The van der Waals surface area contributed by atoms with Gasteiger partial charge in [-0.25, -0.2) is 15.0 Å². The first-order valence-corrected chi connectivity index (χ1v) is 10.9. The van der Waals surface area contributed by atoms with Crippen LogP contribution in [-0.2, 0) is 6.42 Å². The second-order valence-corrected chi connectivity index (χ2v) is 9.15. The number of aromatic nitrogens is 3. The van der Waals surface area contributed by atoms with E-state index >= 15 is 0 Å². The summed E-state index contributed by atoms with van der Waals surface area (Å²) in [5.41, 5.74) is 14.9. The van der Waals surface area contributed by atoms with Crippen LogP contribution < -0.4 is 16.4 Å². The highest BCUT2D eigenvalue weighted by molar-refractivity contribution is 5.81. The molecule has 0 spiro atoms. The highest BCUT2D eigenvalue weighted by Crippen LogP contribution is 2.57. The van der Waals surface area contributed by atoms with Gasteiger partial charge in [-0.3, -0.25) is 0 Å². The molecule has 0 saturated heterocycles. The molecule has 8 heteroatoms. The van der Waals surface area contributed by atoms with Crippen LogP contribution in [0.4, 0.5) is 17.5 Å². The van der Waals surface area contributed by atoms with E-state index < -0.39 is 12.2 Å². The molecule has 160 valence electrons. The van der Waals surface area contributed by atoms with Gasteiger partial charge in [0.05, 0.1) is 17.7 Å². The van der Waals surface area contributed by atoms with Crippen LogP contribution >= 0.6 is 0 Å². The zero-order valence-electron chi connectivity index (χ0n) is 17.1. The third kappa shape index (κ3) is 2.93. The molecule has 6 rings (SSSR count). The molecule has 0 bridgehead atoms. The maximum Gasteiger partial charge on any atom is 0.137 e. The van der Waals surface area contributed by atoms with Crippen molar-refractivity contribution < 1.29 is 10.2 Å². The SMILES string of the molecule is Nc1ccc2ccc([C@@H]3C[C@@H]3[C@H]3C[C@@H](N4CCc5c(N)ncnc54)[C@H](O)[C@@H]3O)cc2n1. The highest BCUT2D eigenvalue weighted by atomic mass is 16.3. The third-order valence-electron chi connectivity index (χ3n) is 7.48. The van der Waals surface area contributed by atoms with Gasteiger partial charge in [-0.05, 0) is 60.8 Å². The van der Waals surface area contributed by atoms with Crippen LogP contribution in [0, 0.1) is 11.8 Å². The lowest BCUT2D eigenvalue weighted by Crippen LogP contribution is -2.43. The Balaban J connectivity index is 1.22. The largest absolute Gasteiger partial charge is 0.390 e. The molecule has 2 aliphatic carbocycles. The Kier molecular flexibility index (Phi) is 4.10. The van der Waals surface area contributed by atoms with Crippen LogP contribution in [0.1, 0.15) is 29.9 Å². The Bertz CT molecular complexity index is 1170. The maximum absolute atomic E-state index is 10.9. The number of aliphatic hydroxyl groups excluding tert-OH is 2. The Morgan fingerprint density at radius 2 is 1.81 bits per heavy atom. The average Bonchev–Trinajstić information content (AvgIpc) is 3.35. The van der Waals surface area contributed by atoms with Gasteiger partial charge in [0.25, 0.3) is 0 Å². The Labute approximate surface area is 179 Å². The minimum Gasteiger partial charge on any atom is -0.390 e. The molecule has 8 nitrogen and oxygen atoms in total. The van der Waals surface area contributed by atoms with Gasteiger partial charge in [-0.15, -0.1) is 0 Å². The molecule has 0 amide bonds. The molecule has 1 aliphatic heterocycles. The third-order valence-corrected chi connectivity index (χ3v) is 7.48. The minimum atomic E-state index is -0.800. The van der Waals surface area contributed by atoms with Crippen LogP contribution in [-0.4, -0.2) is 50.0 Å². The van der Waals surface area contributed by atoms with Crippen molar-refractivity contribution >= 4 is 28.4 Å². The molecular weight excluding hydrogens is 392 g/mol. The van der Waals surface area contributed by atoms with Gasteiger partial charge in [-0.2, -0.15) is 0 Å². The average molecular weight is 419 g/mol. The van der Waals surface area contributed by atoms with Gasteiger partial charge in [0, 0.05) is 17.5 Å². The molecule has 2 saturated carbocycles. The first kappa shape index (κ1) is 18.8. The van der Waals surface area contributed by atoms with E-state index in [1.165, 1.54) is 11.9 Å². The number of hydrogen-bond acceptors (Lipinski definition) is 8. The van der Waals surface area contributed by atoms with Crippen LogP contribution in [0.15, 0.2) is 36.7 Å². The molecular formula is C23H26N6O2. The van der Waals surface area contributed by atoms with E-state index in [9.17, 15) is 10.2 Å². The molecule has 1 aromatic carbocycles. The van der Waals surface area contributed by atoms with Gasteiger partial charge in [-0.1, -0.05) is 12.1 Å². The predicted molar refractivity (Wildman–Crippen MR) is 118 cm³/mol. The summed E-state index contributed by atoms with van der Waals surface area (Å²) in [6, 6.07) is 9.99. The lowest BCUT2D eigenvalue weighted by molar-refractivity contribution is 0.00981. The van der Waals surface area contributed by atoms with Gasteiger partial charge in [0.1, 0.15) is 29.9 Å². The summed E-state index contributed by atoms with van der Waals surface area (Å²) in [5.74, 6) is 2.61. The van der Waals surface area contributed by atoms with E-state index in [0.717, 1.165) is 48.1 Å². The van der Waals surface area contributed by atoms with Crippen LogP contribution in [0.5, 0.6) is 0 Å². The smallest absolute Gasteiger partial charge is 0.137 e. The molecule has 3 aliphatic rings. The Morgan fingerprint density at radius 1 is 0.968 bits per heavy atom. The molecule has 0 unspecified atom stereocenters. The van der Waals surface area contributed by atoms with Crippen molar-refractivity contribution in [2.75, 3.05) is 22.9 Å². The van der Waals surface area contributed by atoms with Crippen molar-refractivity contribution in [1.82, 2.24) is 15.0 Å². The molecule has 3 heterocycles. The number of nitrogens with zero attached hydrogens (tertiary/aromatic N) is 4. The summed E-state index contributed by atoms with van der Waals surface area (Å²) in [4.78, 5) is 15.1. The van der Waals surface area contributed by atoms with Crippen molar-refractivity contribution in [2.24, 2.45) is 11.8 Å². The quantitative estimate of drug-likeness (QED) is 0.502. The number of pyridine rings is 1. The summed E-state index contributed by atoms with van der Waals surface area (Å²) in [6.07, 6.45) is 2.46. The van der Waals surface area contributed by atoms with Crippen LogP contribution in [0.25, 0.3) is 10.9 Å². The topological polar surface area (TPSA) is 134 Å². The number of anilines is 3. The van der Waals surface area contributed by atoms with E-state index in [1.54, 1.807) is 0 Å². The van der Waals surface area contributed by atoms with E-state index in [4.69, 9.17) is 11.5 Å². The minimum absolute atomic E-state index is 0.0535. The molecule has 31 heavy (non-hydrogen) atoms. The van der Waals surface area contributed by atoms with Crippen molar-refractivity contribution in [3.63, 3.8) is 0 Å². The number of fused-ring (bicyclic) bond motifs is 2. The van der Waals surface area contributed by atoms with E-state index in [2.05, 4.69) is 38.1 Å². The van der Waals surface area contributed by atoms with Gasteiger partial charge in [0.2, 0.25) is 0 Å². The number of aliphatic hydroxyl groups is 2. The fourth-order valence-electron chi connectivity index (χ4n) is 5.79. The molecule has 3 aromatic rings. The van der Waals surface area contributed by atoms with E-state index in [1.807, 2.05) is 12.1 Å². The van der Waals surface area contributed by atoms with Gasteiger partial charge < -0.3 is 26.6 Å². The summed E-state index contributed by atoms with van der Waals surface area (Å²) in [7, 11) is 0. The molecule has 6 atom stereocenters. The lowest BCUT2D eigenvalue weighted by atomic mass is 9.95. The van der Waals surface area contributed by atoms with E-state index in [0.29, 0.717) is 23.5 Å². The summed E-state index contributed by atoms with van der Waals surface area (Å²) < 4.78 is 0. The number of nitrogens with two attached hydrogens (primary N) is 2. The summed E-state index contributed by atoms with van der Waals surface area (Å²) in [5, 5.41) is 22.9. The van der Waals surface area contributed by atoms with Crippen molar-refractivity contribution in [3.8, 4) is 0 Å². The fourth-order valence-corrected chi connectivity index (χ4v) is 5.79. The van der Waals surface area contributed by atoms with Crippen molar-refractivity contribution in [2.45, 2.75) is 43.4 Å². The Hall–Kier alpha value is -2.97. The second kappa shape index (κ2) is 6.77. The molecule has 0 radical (unpaired) electrons. The maximum atomic E-state index is 10.9. The van der Waals surface area contributed by atoms with E-state index in [-0.39, 0.29) is 12.0 Å². The summed E-state index contributed by atoms with van der Waals surface area (Å²) >= 11 is 0. The number of hydrogen-bond donors (Lipinski definition) is 4. The van der Waals surface area contributed by atoms with Crippen molar-refractivity contribution in [1.29, 1.82) is 0 Å². The normalized spacial score (nSPS) is 31.9. The zero-order chi connectivity index (χ0) is 21.3. The molecule has 2 aromatic heterocycles. The first-order valence-electron chi connectivity index (χ1n) is 10.9. The first-order chi connectivity index (χ1) is 15.0. The van der Waals surface area contributed by atoms with Gasteiger partial charge >= 0.3 is 0 Å². The van der Waals surface area contributed by atoms with Crippen molar-refractivity contribution in [3.05, 3.63) is 47.8 Å². The van der Waals surface area contributed by atoms with Crippen LogP contribution in [0.3, 0.4) is 0 Å². The molecule has 2 fully saturated rings. The van der Waals surface area contributed by atoms with Gasteiger partial charge in [0.15, 0.2) is 0 Å². The standard InChI is InChI=1S/C23H26N6O2/c24-19-4-3-11-1-2-12(7-17(11)28-19)14-8-15(14)16-9-18(21(31)20(16)30)29-6-5-13-22(25)26-10-27-23(13)29/h1-4,7,10,14-16,18,20-21,30-31H,5-6,8-9H2,(H2,24,28)(H2,25,26,27)/t14-,15-,16+,18+,20+,21-/m0/s1. The number of benzene rings is 1. The second-order valence-electron chi connectivity index (χ2n) is 9.15. The lowest BCUT2D eigenvalue weighted by Gasteiger charge is -2.28. The van der Waals surface area contributed by atoms with Crippen LogP contribution in [0.2, 0.25) is 0 Å². The zero-order valence-corrected chi connectivity index (χ0v) is 17.1. The molecule has 6 N–H and O–H groups in total. The summed E-state index contributed by atoms with van der Waals surface area (Å²) in [6.45, 7) is 0.741. The Morgan fingerprint density at radius 3 is 2.68 bits per heavy atom. The fraction of sp³-hybridized carbons (Fsp3) is 0.435. The highest BCUT2D eigenvalue weighted by Gasteiger charge is 2.55.